The first-order valence-electron chi connectivity index (χ1n) is 9.45. The number of benzene rings is 1. The van der Waals surface area contributed by atoms with E-state index in [1.165, 1.54) is 0 Å². The molecule has 1 fully saturated rings. The number of carbonyl (C=O) groups excluding carboxylic acids is 1. The van der Waals surface area contributed by atoms with Crippen LogP contribution >= 0.6 is 0 Å². The third-order valence-corrected chi connectivity index (χ3v) is 4.66. The molecule has 0 bridgehead atoms. The Morgan fingerprint density at radius 2 is 1.63 bits per heavy atom. The van der Waals surface area contributed by atoms with Crippen LogP contribution in [0.4, 0.5) is 4.79 Å². The van der Waals surface area contributed by atoms with Crippen molar-refractivity contribution in [1.82, 2.24) is 5.32 Å². The van der Waals surface area contributed by atoms with Crippen LogP contribution in [0.25, 0.3) is 0 Å². The summed E-state index contributed by atoms with van der Waals surface area (Å²) in [5, 5.41) is 2.71. The fourth-order valence-electron chi connectivity index (χ4n) is 2.47. The first kappa shape index (κ1) is 21.6. The number of alkyl carbamates (subject to hydrolysis) is 1. The van der Waals surface area contributed by atoms with Crippen LogP contribution in [-0.4, -0.2) is 43.2 Å². The third-order valence-electron chi connectivity index (χ3n) is 4.66. The molecule has 2 rings (SSSR count). The molecule has 1 amide bonds. The van der Waals surface area contributed by atoms with Crippen molar-refractivity contribution in [2.24, 2.45) is 0 Å². The van der Waals surface area contributed by atoms with Gasteiger partial charge in [0.1, 0.15) is 11.4 Å². The van der Waals surface area contributed by atoms with Crippen LogP contribution in [0.2, 0.25) is 0 Å². The van der Waals surface area contributed by atoms with Gasteiger partial charge in [-0.2, -0.15) is 0 Å². The quantitative estimate of drug-likeness (QED) is 0.609. The molecule has 6 nitrogen and oxygen atoms in total. The molecule has 0 unspecified atom stereocenters. The first-order valence-corrected chi connectivity index (χ1v) is 9.45. The minimum atomic E-state index is -0.487. The molecule has 1 aromatic rings. The molecule has 7 heteroatoms. The zero-order chi connectivity index (χ0) is 20.3. The summed E-state index contributed by atoms with van der Waals surface area (Å²) < 4.78 is 23.0. The summed E-state index contributed by atoms with van der Waals surface area (Å²) in [6, 6.07) is 7.72. The van der Waals surface area contributed by atoms with E-state index in [2.05, 4.69) is 5.32 Å². The highest BCUT2D eigenvalue weighted by Crippen LogP contribution is 2.36. The SMILES string of the molecule is CC(C)(C)OC(=O)NCCCOc1ccc(B2OC(C)(C)C(C)(C)O2)cc1. The maximum absolute atomic E-state index is 11.5. The van der Waals surface area contributed by atoms with Crippen LogP contribution in [0.5, 0.6) is 5.75 Å². The molecular formula is C20H32BNO5. The van der Waals surface area contributed by atoms with E-state index in [9.17, 15) is 4.79 Å². The Morgan fingerprint density at radius 1 is 1.07 bits per heavy atom. The van der Waals surface area contributed by atoms with Gasteiger partial charge in [0.15, 0.2) is 0 Å². The summed E-state index contributed by atoms with van der Waals surface area (Å²) in [5.41, 5.74) is -0.228. The van der Waals surface area contributed by atoms with Gasteiger partial charge in [0.2, 0.25) is 0 Å². The average molecular weight is 377 g/mol. The van der Waals surface area contributed by atoms with Crippen molar-refractivity contribution < 1.29 is 23.6 Å². The summed E-state index contributed by atoms with van der Waals surface area (Å²) in [4.78, 5) is 11.5. The maximum Gasteiger partial charge on any atom is 0.494 e. The second-order valence-corrected chi connectivity index (χ2v) is 8.79. The highest BCUT2D eigenvalue weighted by Gasteiger charge is 2.51. The van der Waals surface area contributed by atoms with E-state index < -0.39 is 11.7 Å². The molecule has 0 aliphatic carbocycles. The van der Waals surface area contributed by atoms with Crippen LogP contribution in [0.3, 0.4) is 0 Å². The van der Waals surface area contributed by atoms with Gasteiger partial charge in [-0.25, -0.2) is 4.79 Å². The van der Waals surface area contributed by atoms with Crippen molar-refractivity contribution in [2.75, 3.05) is 13.2 Å². The van der Waals surface area contributed by atoms with Crippen molar-refractivity contribution in [2.45, 2.75) is 71.7 Å². The topological polar surface area (TPSA) is 66.0 Å². The van der Waals surface area contributed by atoms with Crippen LogP contribution < -0.4 is 15.5 Å². The lowest BCUT2D eigenvalue weighted by atomic mass is 9.79. The summed E-state index contributed by atoms with van der Waals surface area (Å²) >= 11 is 0. The van der Waals surface area contributed by atoms with Crippen LogP contribution in [0.15, 0.2) is 24.3 Å². The third kappa shape index (κ3) is 6.14. The van der Waals surface area contributed by atoms with Crippen molar-refractivity contribution >= 4 is 18.7 Å². The van der Waals surface area contributed by atoms with Gasteiger partial charge < -0.3 is 24.1 Å². The zero-order valence-electron chi connectivity index (χ0n) is 17.5. The Bertz CT molecular complexity index is 621. The van der Waals surface area contributed by atoms with Gasteiger partial charge in [-0.3, -0.25) is 0 Å². The molecular weight excluding hydrogens is 345 g/mol. The highest BCUT2D eigenvalue weighted by atomic mass is 16.7. The Balaban J connectivity index is 1.73. The molecule has 1 N–H and O–H groups in total. The minimum Gasteiger partial charge on any atom is -0.494 e. The zero-order valence-corrected chi connectivity index (χ0v) is 17.5. The number of hydrogen-bond acceptors (Lipinski definition) is 5. The van der Waals surface area contributed by atoms with Gasteiger partial charge in [-0.1, -0.05) is 12.1 Å². The Morgan fingerprint density at radius 3 is 2.15 bits per heavy atom. The van der Waals surface area contributed by atoms with E-state index in [4.69, 9.17) is 18.8 Å². The number of rotatable bonds is 6. The van der Waals surface area contributed by atoms with E-state index >= 15 is 0 Å². The normalized spacial score (nSPS) is 18.3. The van der Waals surface area contributed by atoms with Gasteiger partial charge in [0, 0.05) is 6.54 Å². The monoisotopic (exact) mass is 377 g/mol. The number of amides is 1. The van der Waals surface area contributed by atoms with Crippen LogP contribution in [-0.2, 0) is 14.0 Å². The molecule has 1 aromatic carbocycles. The maximum atomic E-state index is 11.5. The van der Waals surface area contributed by atoms with Crippen molar-refractivity contribution in [1.29, 1.82) is 0 Å². The summed E-state index contributed by atoms with van der Waals surface area (Å²) in [5.74, 6) is 0.771. The highest BCUT2D eigenvalue weighted by molar-refractivity contribution is 6.62. The van der Waals surface area contributed by atoms with E-state index in [0.29, 0.717) is 19.6 Å². The predicted octanol–water partition coefficient (Wildman–Crippen LogP) is 3.28. The fraction of sp³-hybridized carbons (Fsp3) is 0.650. The second-order valence-electron chi connectivity index (χ2n) is 8.79. The van der Waals surface area contributed by atoms with Crippen LogP contribution in [0, 0.1) is 0 Å². The first-order chi connectivity index (χ1) is 12.4. The van der Waals surface area contributed by atoms with E-state index in [1.54, 1.807) is 0 Å². The fourth-order valence-corrected chi connectivity index (χ4v) is 2.47. The lowest BCUT2D eigenvalue weighted by molar-refractivity contribution is 0.00578. The van der Waals surface area contributed by atoms with Gasteiger partial charge in [0.25, 0.3) is 0 Å². The minimum absolute atomic E-state index is 0.353. The summed E-state index contributed by atoms with van der Waals surface area (Å²) in [6.45, 7) is 14.7. The van der Waals surface area contributed by atoms with E-state index in [0.717, 1.165) is 11.2 Å². The molecule has 0 spiro atoms. The number of hydrogen-bond donors (Lipinski definition) is 1. The van der Waals surface area contributed by atoms with Gasteiger partial charge in [0.05, 0.1) is 17.8 Å². The Hall–Kier alpha value is -1.73. The molecule has 1 aliphatic heterocycles. The number of carbonyl (C=O) groups is 1. The largest absolute Gasteiger partial charge is 0.494 e. The molecule has 150 valence electrons. The van der Waals surface area contributed by atoms with Crippen molar-refractivity contribution in [3.63, 3.8) is 0 Å². The van der Waals surface area contributed by atoms with E-state index in [1.807, 2.05) is 72.7 Å². The molecule has 1 aliphatic rings. The average Bonchev–Trinajstić information content (AvgIpc) is 2.74. The lowest BCUT2D eigenvalue weighted by Crippen LogP contribution is -2.41. The molecule has 27 heavy (non-hydrogen) atoms. The molecule has 1 saturated heterocycles. The Labute approximate surface area is 163 Å². The van der Waals surface area contributed by atoms with Crippen molar-refractivity contribution in [3.05, 3.63) is 24.3 Å². The summed E-state index contributed by atoms with van der Waals surface area (Å²) in [6.07, 6.45) is 0.285. The second kappa shape index (κ2) is 8.11. The Kier molecular flexibility index (Phi) is 6.48. The number of ether oxygens (including phenoxy) is 2. The van der Waals surface area contributed by atoms with Gasteiger partial charge >= 0.3 is 13.2 Å². The van der Waals surface area contributed by atoms with Gasteiger partial charge in [-0.05, 0) is 72.5 Å². The molecule has 0 aromatic heterocycles. The predicted molar refractivity (Wildman–Crippen MR) is 107 cm³/mol. The van der Waals surface area contributed by atoms with E-state index in [-0.39, 0.29) is 18.3 Å². The van der Waals surface area contributed by atoms with Crippen molar-refractivity contribution in [3.8, 4) is 5.75 Å². The van der Waals surface area contributed by atoms with Crippen LogP contribution in [0.1, 0.15) is 54.9 Å². The van der Waals surface area contributed by atoms with Gasteiger partial charge in [-0.15, -0.1) is 0 Å². The molecule has 0 atom stereocenters. The lowest BCUT2D eigenvalue weighted by Gasteiger charge is -2.32. The standard InChI is InChI=1S/C20H32BNO5/c1-18(2,3)25-17(23)22-13-8-14-24-16-11-9-15(10-12-16)21-26-19(4,5)20(6,7)27-21/h9-12H,8,13-14H2,1-7H3,(H,22,23). The molecule has 0 saturated carbocycles. The summed E-state index contributed by atoms with van der Waals surface area (Å²) in [7, 11) is -0.373. The number of nitrogens with one attached hydrogen (secondary N) is 1. The smallest absolute Gasteiger partial charge is 0.494 e. The molecule has 0 radical (unpaired) electrons. The molecule has 1 heterocycles.